The first-order chi connectivity index (χ1) is 8.83. The Kier molecular flexibility index (Phi) is 9.09. The largest absolute Gasteiger partial charge is 0.352 e. The molecule has 0 unspecified atom stereocenters. The number of unbranched alkanes of at least 4 members (excludes halogenated alkanes) is 4. The predicted octanol–water partition coefficient (Wildman–Crippen LogP) is 4.02. The van der Waals surface area contributed by atoms with E-state index in [1.54, 1.807) is 6.08 Å². The van der Waals surface area contributed by atoms with Crippen LogP contribution in [0.25, 0.3) is 0 Å². The van der Waals surface area contributed by atoms with Crippen molar-refractivity contribution in [1.82, 2.24) is 5.32 Å². The SMILES string of the molecule is CCCCCC/C=C/C(=O)NCC1CCSCC1.[HH]. The van der Waals surface area contributed by atoms with Crippen molar-refractivity contribution in [3.8, 4) is 0 Å². The maximum atomic E-state index is 11.6. The molecule has 1 saturated heterocycles. The molecular formula is C15H29NOS. The normalized spacial score (nSPS) is 17.2. The average Bonchev–Trinajstić information content (AvgIpc) is 2.41. The maximum Gasteiger partial charge on any atom is 0.243 e. The van der Waals surface area contributed by atoms with Crippen LogP contribution in [0.1, 0.15) is 53.3 Å². The molecule has 0 bridgehead atoms. The molecule has 0 radical (unpaired) electrons. The molecule has 0 spiro atoms. The number of amides is 1. The van der Waals surface area contributed by atoms with Crippen molar-refractivity contribution < 1.29 is 6.22 Å². The van der Waals surface area contributed by atoms with Crippen LogP contribution in [0.5, 0.6) is 0 Å². The zero-order valence-electron chi connectivity index (χ0n) is 11.6. The molecule has 1 aliphatic rings. The van der Waals surface area contributed by atoms with Gasteiger partial charge in [0.25, 0.3) is 0 Å². The van der Waals surface area contributed by atoms with E-state index in [2.05, 4.69) is 12.2 Å². The highest BCUT2D eigenvalue weighted by Gasteiger charge is 2.13. The van der Waals surface area contributed by atoms with Gasteiger partial charge in [-0.15, -0.1) is 0 Å². The van der Waals surface area contributed by atoms with Gasteiger partial charge in [-0.05, 0) is 49.2 Å². The second-order valence-corrected chi connectivity index (χ2v) is 6.28. The highest BCUT2D eigenvalue weighted by Crippen LogP contribution is 2.21. The number of carbonyl (C=O) groups excluding carboxylic acids is 1. The highest BCUT2D eigenvalue weighted by molar-refractivity contribution is 7.99. The smallest absolute Gasteiger partial charge is 0.243 e. The molecule has 0 atom stereocenters. The average molecular weight is 271 g/mol. The van der Waals surface area contributed by atoms with Crippen molar-refractivity contribution in [2.75, 3.05) is 18.1 Å². The van der Waals surface area contributed by atoms with Crippen LogP contribution in [0.15, 0.2) is 12.2 Å². The van der Waals surface area contributed by atoms with Gasteiger partial charge in [0.15, 0.2) is 0 Å². The second kappa shape index (κ2) is 10.5. The van der Waals surface area contributed by atoms with Gasteiger partial charge in [0.1, 0.15) is 0 Å². The molecule has 1 amide bonds. The lowest BCUT2D eigenvalue weighted by Crippen LogP contribution is -2.29. The number of rotatable bonds is 8. The fraction of sp³-hybridized carbons (Fsp3) is 0.800. The monoisotopic (exact) mass is 271 g/mol. The van der Waals surface area contributed by atoms with Gasteiger partial charge in [0.05, 0.1) is 0 Å². The Bertz CT molecular complexity index is 253. The molecule has 1 fully saturated rings. The summed E-state index contributed by atoms with van der Waals surface area (Å²) in [5.74, 6) is 3.30. The van der Waals surface area contributed by atoms with Gasteiger partial charge in [-0.25, -0.2) is 0 Å². The van der Waals surface area contributed by atoms with Crippen LogP contribution in [-0.2, 0) is 4.79 Å². The summed E-state index contributed by atoms with van der Waals surface area (Å²) < 4.78 is 0. The summed E-state index contributed by atoms with van der Waals surface area (Å²) in [6.07, 6.45) is 12.3. The van der Waals surface area contributed by atoms with Crippen LogP contribution >= 0.6 is 11.8 Å². The molecule has 1 rings (SSSR count). The lowest BCUT2D eigenvalue weighted by atomic mass is 10.0. The molecular weight excluding hydrogens is 242 g/mol. The molecule has 0 aromatic rings. The van der Waals surface area contributed by atoms with Crippen molar-refractivity contribution >= 4 is 17.7 Å². The first kappa shape index (κ1) is 15.6. The molecule has 18 heavy (non-hydrogen) atoms. The Morgan fingerprint density at radius 2 is 2.11 bits per heavy atom. The van der Waals surface area contributed by atoms with Gasteiger partial charge in [-0.2, -0.15) is 11.8 Å². The molecule has 106 valence electrons. The Hall–Kier alpha value is -0.440. The van der Waals surface area contributed by atoms with Gasteiger partial charge < -0.3 is 5.32 Å². The Labute approximate surface area is 117 Å². The molecule has 0 aromatic carbocycles. The third-order valence-electron chi connectivity index (χ3n) is 3.40. The number of hydrogen-bond donors (Lipinski definition) is 1. The van der Waals surface area contributed by atoms with Crippen LogP contribution in [0.4, 0.5) is 0 Å². The topological polar surface area (TPSA) is 29.1 Å². The van der Waals surface area contributed by atoms with Gasteiger partial charge in [-0.1, -0.05) is 32.3 Å². The number of thioether (sulfide) groups is 1. The quantitative estimate of drug-likeness (QED) is 0.533. The number of hydrogen-bond acceptors (Lipinski definition) is 2. The third-order valence-corrected chi connectivity index (χ3v) is 4.45. The summed E-state index contributed by atoms with van der Waals surface area (Å²) >= 11 is 2.03. The summed E-state index contributed by atoms with van der Waals surface area (Å²) in [5.41, 5.74) is 0. The van der Waals surface area contributed by atoms with Gasteiger partial charge in [0, 0.05) is 7.97 Å². The van der Waals surface area contributed by atoms with Crippen LogP contribution in [0, 0.1) is 5.92 Å². The fourth-order valence-electron chi connectivity index (χ4n) is 2.13. The van der Waals surface area contributed by atoms with Crippen molar-refractivity contribution in [3.63, 3.8) is 0 Å². The zero-order chi connectivity index (χ0) is 13.1. The summed E-state index contributed by atoms with van der Waals surface area (Å²) in [5, 5.41) is 3.02. The van der Waals surface area contributed by atoms with E-state index in [4.69, 9.17) is 0 Å². The standard InChI is InChI=1S/C15H27NOS.H2/c1-2-3-4-5-6-7-8-15(17)16-13-14-9-11-18-12-10-14;/h7-8,14H,2-6,9-13H2,1H3,(H,16,17);1H/b8-7+;. The predicted molar refractivity (Wildman–Crippen MR) is 83.1 cm³/mol. The van der Waals surface area contributed by atoms with Crippen LogP contribution in [0.2, 0.25) is 0 Å². The minimum atomic E-state index is 0. The summed E-state index contributed by atoms with van der Waals surface area (Å²) in [6.45, 7) is 3.08. The zero-order valence-corrected chi connectivity index (χ0v) is 12.4. The molecule has 1 N–H and O–H groups in total. The Balaban J connectivity index is 0.00000324. The minimum absolute atomic E-state index is 0. The number of carbonyl (C=O) groups is 1. The van der Waals surface area contributed by atoms with Crippen LogP contribution < -0.4 is 5.32 Å². The molecule has 1 aliphatic heterocycles. The number of nitrogens with one attached hydrogen (secondary N) is 1. The first-order valence-corrected chi connectivity index (χ1v) is 8.50. The summed E-state index contributed by atoms with van der Waals surface area (Å²) in [6, 6.07) is 0. The van der Waals surface area contributed by atoms with E-state index in [0.717, 1.165) is 13.0 Å². The van der Waals surface area contributed by atoms with E-state index in [1.165, 1.54) is 50.0 Å². The molecule has 3 heteroatoms. The first-order valence-electron chi connectivity index (χ1n) is 7.35. The van der Waals surface area contributed by atoms with Gasteiger partial charge >= 0.3 is 0 Å². The summed E-state index contributed by atoms with van der Waals surface area (Å²) in [4.78, 5) is 11.6. The van der Waals surface area contributed by atoms with E-state index in [1.807, 2.05) is 17.8 Å². The van der Waals surface area contributed by atoms with Crippen molar-refractivity contribution in [3.05, 3.63) is 12.2 Å². The van der Waals surface area contributed by atoms with Crippen LogP contribution in [0.3, 0.4) is 0 Å². The van der Waals surface area contributed by atoms with E-state index >= 15 is 0 Å². The van der Waals surface area contributed by atoms with E-state index < -0.39 is 0 Å². The molecule has 0 aliphatic carbocycles. The van der Waals surface area contributed by atoms with E-state index in [0.29, 0.717) is 5.92 Å². The summed E-state index contributed by atoms with van der Waals surface area (Å²) in [7, 11) is 0. The van der Waals surface area contributed by atoms with Gasteiger partial charge in [-0.3, -0.25) is 4.79 Å². The van der Waals surface area contributed by atoms with E-state index in [-0.39, 0.29) is 7.33 Å². The molecule has 2 nitrogen and oxygen atoms in total. The highest BCUT2D eigenvalue weighted by atomic mass is 32.2. The van der Waals surface area contributed by atoms with Gasteiger partial charge in [0.2, 0.25) is 5.91 Å². The van der Waals surface area contributed by atoms with E-state index in [9.17, 15) is 4.79 Å². The lowest BCUT2D eigenvalue weighted by molar-refractivity contribution is -0.116. The Morgan fingerprint density at radius 3 is 2.83 bits per heavy atom. The fourth-order valence-corrected chi connectivity index (χ4v) is 3.34. The Morgan fingerprint density at radius 1 is 1.33 bits per heavy atom. The maximum absolute atomic E-state index is 11.6. The third kappa shape index (κ3) is 7.80. The number of allylic oxidation sites excluding steroid dienone is 1. The van der Waals surface area contributed by atoms with Crippen molar-refractivity contribution in [2.45, 2.75) is 51.9 Å². The second-order valence-electron chi connectivity index (χ2n) is 5.05. The lowest BCUT2D eigenvalue weighted by Gasteiger charge is -2.21. The molecule has 0 saturated carbocycles. The van der Waals surface area contributed by atoms with Crippen molar-refractivity contribution in [1.29, 1.82) is 0 Å². The molecule has 0 aromatic heterocycles. The minimum Gasteiger partial charge on any atom is -0.352 e. The van der Waals surface area contributed by atoms with Crippen LogP contribution in [-0.4, -0.2) is 24.0 Å². The molecule has 1 heterocycles. The van der Waals surface area contributed by atoms with Crippen molar-refractivity contribution in [2.24, 2.45) is 5.92 Å².